The van der Waals surface area contributed by atoms with Crippen LogP contribution in [0.15, 0.2) is 34.1 Å². The van der Waals surface area contributed by atoms with Crippen molar-refractivity contribution < 1.29 is 20.7 Å². The van der Waals surface area contributed by atoms with Crippen LogP contribution in [0.5, 0.6) is 0 Å². The second-order valence-corrected chi connectivity index (χ2v) is 8.74. The highest BCUT2D eigenvalue weighted by molar-refractivity contribution is 7.89. The molecular weight excluding hydrogens is 317 g/mol. The number of hydrogen-bond acceptors (Lipinski definition) is 4. The van der Waals surface area contributed by atoms with E-state index in [9.17, 15) is 20.7 Å². The quantitative estimate of drug-likeness (QED) is 0.794. The number of hydrogen-bond donors (Lipinski definition) is 0. The van der Waals surface area contributed by atoms with E-state index < -0.39 is 25.1 Å². The SMILES string of the molecule is CC1CCN(S(=O)(=O)c2ccc(S(=O)(=O)F)cc2)C(C)C1. The summed E-state index contributed by atoms with van der Waals surface area (Å²) in [6.45, 7) is 4.38. The van der Waals surface area contributed by atoms with E-state index in [2.05, 4.69) is 6.92 Å². The molecule has 5 nitrogen and oxygen atoms in total. The van der Waals surface area contributed by atoms with Crippen molar-refractivity contribution in [1.82, 2.24) is 4.31 Å². The van der Waals surface area contributed by atoms with Gasteiger partial charge in [0, 0.05) is 12.6 Å². The highest BCUT2D eigenvalue weighted by atomic mass is 32.3. The van der Waals surface area contributed by atoms with Crippen LogP contribution in [-0.4, -0.2) is 33.7 Å². The summed E-state index contributed by atoms with van der Waals surface area (Å²) in [5.41, 5.74) is 0. The summed E-state index contributed by atoms with van der Waals surface area (Å²) in [5, 5.41) is 0. The minimum Gasteiger partial charge on any atom is -0.207 e. The Balaban J connectivity index is 2.32. The summed E-state index contributed by atoms with van der Waals surface area (Å²) in [6, 6.07) is 4.10. The molecule has 0 N–H and O–H groups in total. The summed E-state index contributed by atoms with van der Waals surface area (Å²) in [4.78, 5) is -0.557. The Labute approximate surface area is 125 Å². The van der Waals surface area contributed by atoms with Gasteiger partial charge in [-0.1, -0.05) is 6.92 Å². The third kappa shape index (κ3) is 3.44. The molecule has 1 aromatic rings. The summed E-state index contributed by atoms with van der Waals surface area (Å²) in [7, 11) is -8.50. The molecule has 1 heterocycles. The molecule has 21 heavy (non-hydrogen) atoms. The molecule has 2 rings (SSSR count). The van der Waals surface area contributed by atoms with Gasteiger partial charge in [0.2, 0.25) is 10.0 Å². The molecular formula is C13H18FNO4S2. The topological polar surface area (TPSA) is 71.5 Å². The first-order valence-electron chi connectivity index (χ1n) is 6.69. The van der Waals surface area contributed by atoms with E-state index >= 15 is 0 Å². The van der Waals surface area contributed by atoms with Gasteiger partial charge in [0.05, 0.1) is 9.79 Å². The molecule has 0 aliphatic carbocycles. The Morgan fingerprint density at radius 2 is 1.57 bits per heavy atom. The van der Waals surface area contributed by atoms with Gasteiger partial charge < -0.3 is 0 Å². The monoisotopic (exact) mass is 335 g/mol. The molecule has 0 aromatic heterocycles. The van der Waals surface area contributed by atoms with Crippen LogP contribution in [0.25, 0.3) is 0 Å². The molecule has 0 spiro atoms. The average Bonchev–Trinajstić information content (AvgIpc) is 2.37. The largest absolute Gasteiger partial charge is 0.332 e. The van der Waals surface area contributed by atoms with E-state index in [4.69, 9.17) is 0 Å². The highest BCUT2D eigenvalue weighted by Crippen LogP contribution is 2.28. The van der Waals surface area contributed by atoms with Gasteiger partial charge in [-0.15, -0.1) is 3.89 Å². The second kappa shape index (κ2) is 5.66. The van der Waals surface area contributed by atoms with Crippen molar-refractivity contribution in [2.75, 3.05) is 6.54 Å². The first-order chi connectivity index (χ1) is 9.62. The zero-order chi connectivity index (χ0) is 15.8. The van der Waals surface area contributed by atoms with Crippen LogP contribution in [0.3, 0.4) is 0 Å². The summed E-state index contributed by atoms with van der Waals surface area (Å²) < 4.78 is 60.9. The number of nitrogens with zero attached hydrogens (tertiary/aromatic N) is 1. The Morgan fingerprint density at radius 1 is 1.05 bits per heavy atom. The van der Waals surface area contributed by atoms with E-state index in [0.29, 0.717) is 12.5 Å². The molecule has 0 amide bonds. The summed E-state index contributed by atoms with van der Waals surface area (Å²) in [6.07, 6.45) is 1.58. The third-order valence-corrected chi connectivity index (χ3v) is 6.65. The Bertz CT molecular complexity index is 713. The number of sulfonamides is 1. The smallest absolute Gasteiger partial charge is 0.207 e. The highest BCUT2D eigenvalue weighted by Gasteiger charge is 2.33. The van der Waals surface area contributed by atoms with Gasteiger partial charge in [0.1, 0.15) is 0 Å². The molecule has 1 aliphatic rings. The summed E-state index contributed by atoms with van der Waals surface area (Å²) in [5.74, 6) is 0.477. The van der Waals surface area contributed by atoms with E-state index in [0.717, 1.165) is 37.1 Å². The van der Waals surface area contributed by atoms with E-state index in [1.807, 2.05) is 6.92 Å². The fraction of sp³-hybridized carbons (Fsp3) is 0.538. The molecule has 0 radical (unpaired) electrons. The third-order valence-electron chi connectivity index (χ3n) is 3.79. The van der Waals surface area contributed by atoms with Gasteiger partial charge in [-0.3, -0.25) is 0 Å². The van der Waals surface area contributed by atoms with Gasteiger partial charge in [-0.2, -0.15) is 12.7 Å². The van der Waals surface area contributed by atoms with Crippen LogP contribution in [-0.2, 0) is 20.2 Å². The predicted molar refractivity (Wildman–Crippen MR) is 76.5 cm³/mol. The summed E-state index contributed by atoms with van der Waals surface area (Å²) >= 11 is 0. The minimum atomic E-state index is -4.82. The van der Waals surface area contributed by atoms with Gasteiger partial charge in [0.25, 0.3) is 0 Å². The van der Waals surface area contributed by atoms with Crippen LogP contribution in [0, 0.1) is 5.92 Å². The number of benzene rings is 1. The maximum absolute atomic E-state index is 12.8. The lowest BCUT2D eigenvalue weighted by Crippen LogP contribution is -2.44. The van der Waals surface area contributed by atoms with Crippen molar-refractivity contribution in [3.8, 4) is 0 Å². The normalized spacial score (nSPS) is 24.9. The fourth-order valence-corrected chi connectivity index (χ4v) is 4.77. The van der Waals surface area contributed by atoms with Crippen LogP contribution in [0.2, 0.25) is 0 Å². The first kappa shape index (κ1) is 16.4. The Hall–Kier alpha value is -0.990. The van der Waals surface area contributed by atoms with Crippen molar-refractivity contribution >= 4 is 20.2 Å². The maximum atomic E-state index is 12.8. The molecule has 1 saturated heterocycles. The van der Waals surface area contributed by atoms with Crippen LogP contribution >= 0.6 is 0 Å². The van der Waals surface area contributed by atoms with E-state index in [-0.39, 0.29) is 10.9 Å². The molecule has 0 bridgehead atoms. The lowest BCUT2D eigenvalue weighted by molar-refractivity contribution is 0.220. The van der Waals surface area contributed by atoms with Gasteiger partial charge in [-0.05, 0) is 49.9 Å². The number of piperidine rings is 1. The zero-order valence-electron chi connectivity index (χ0n) is 11.9. The van der Waals surface area contributed by atoms with Crippen LogP contribution in [0.1, 0.15) is 26.7 Å². The number of halogens is 1. The zero-order valence-corrected chi connectivity index (χ0v) is 13.5. The standard InChI is InChI=1S/C13H18FNO4S2/c1-10-7-8-15(11(2)9-10)21(18,19)13-5-3-12(4-6-13)20(14,16)17/h3-6,10-11H,7-9H2,1-2H3. The molecule has 2 unspecified atom stereocenters. The lowest BCUT2D eigenvalue weighted by atomic mass is 9.95. The van der Waals surface area contributed by atoms with Crippen molar-refractivity contribution in [1.29, 1.82) is 0 Å². The van der Waals surface area contributed by atoms with Crippen molar-refractivity contribution in [3.63, 3.8) is 0 Å². The van der Waals surface area contributed by atoms with Crippen LogP contribution < -0.4 is 0 Å². The molecule has 1 fully saturated rings. The second-order valence-electron chi connectivity index (χ2n) is 5.50. The Morgan fingerprint density at radius 3 is 2.05 bits per heavy atom. The first-order valence-corrected chi connectivity index (χ1v) is 9.51. The lowest BCUT2D eigenvalue weighted by Gasteiger charge is -2.35. The van der Waals surface area contributed by atoms with Crippen molar-refractivity contribution in [2.45, 2.75) is 42.5 Å². The van der Waals surface area contributed by atoms with Gasteiger partial charge in [-0.25, -0.2) is 8.42 Å². The minimum absolute atomic E-state index is 0.0173. The van der Waals surface area contributed by atoms with Crippen molar-refractivity contribution in [2.24, 2.45) is 5.92 Å². The van der Waals surface area contributed by atoms with Crippen molar-refractivity contribution in [3.05, 3.63) is 24.3 Å². The molecule has 118 valence electrons. The van der Waals surface area contributed by atoms with E-state index in [1.165, 1.54) is 4.31 Å². The fourth-order valence-electron chi connectivity index (χ4n) is 2.65. The molecule has 0 saturated carbocycles. The molecule has 8 heteroatoms. The average molecular weight is 335 g/mol. The molecule has 1 aliphatic heterocycles. The van der Waals surface area contributed by atoms with Crippen LogP contribution in [0.4, 0.5) is 3.89 Å². The predicted octanol–water partition coefficient (Wildman–Crippen LogP) is 2.15. The van der Waals surface area contributed by atoms with E-state index in [1.54, 1.807) is 0 Å². The van der Waals surface area contributed by atoms with Gasteiger partial charge >= 0.3 is 10.2 Å². The molecule has 2 atom stereocenters. The Kier molecular flexibility index (Phi) is 4.41. The number of rotatable bonds is 3. The maximum Gasteiger partial charge on any atom is 0.332 e. The molecule has 1 aromatic carbocycles. The van der Waals surface area contributed by atoms with Gasteiger partial charge in [0.15, 0.2) is 0 Å².